The van der Waals surface area contributed by atoms with Gasteiger partial charge in [0.25, 0.3) is 0 Å². The van der Waals surface area contributed by atoms with Crippen LogP contribution < -0.4 is 15.5 Å². The molecule has 3 unspecified atom stereocenters. The summed E-state index contributed by atoms with van der Waals surface area (Å²) >= 11 is 0. The first-order valence-electron chi connectivity index (χ1n) is 14.5. The van der Waals surface area contributed by atoms with E-state index in [-0.39, 0.29) is 29.7 Å². The average Bonchev–Trinajstić information content (AvgIpc) is 3.68. The molecule has 3 atom stereocenters. The van der Waals surface area contributed by atoms with E-state index >= 15 is 4.39 Å². The first kappa shape index (κ1) is 25.8. The summed E-state index contributed by atoms with van der Waals surface area (Å²) in [6, 6.07) is 9.52. The maximum Gasteiger partial charge on any atom is 0.225 e. The number of anilines is 3. The van der Waals surface area contributed by atoms with Crippen molar-refractivity contribution in [1.29, 1.82) is 0 Å². The fourth-order valence-corrected chi connectivity index (χ4v) is 6.74. The molecule has 0 radical (unpaired) electrons. The number of nitrogens with one attached hydrogen (secondary N) is 2. The predicted octanol–water partition coefficient (Wildman–Crippen LogP) is 3.52. The molecule has 1 saturated carbocycles. The number of piperazine rings is 1. The Morgan fingerprint density at radius 3 is 2.60 bits per heavy atom. The number of halogens is 1. The van der Waals surface area contributed by atoms with Gasteiger partial charge in [-0.15, -0.1) is 0 Å². The van der Waals surface area contributed by atoms with Crippen LogP contribution in [0, 0.1) is 5.82 Å². The smallest absolute Gasteiger partial charge is 0.225 e. The minimum Gasteiger partial charge on any atom is -0.391 e. The van der Waals surface area contributed by atoms with Crippen molar-refractivity contribution in [2.24, 2.45) is 0 Å². The molecule has 3 aromatic rings. The molecule has 40 heavy (non-hydrogen) atoms. The normalized spacial score (nSPS) is 29.4. The molecule has 2 aromatic heterocycles. The zero-order valence-corrected chi connectivity index (χ0v) is 22.9. The molecule has 1 aromatic carbocycles. The largest absolute Gasteiger partial charge is 0.391 e. The Morgan fingerprint density at radius 1 is 1.02 bits per heavy atom. The van der Waals surface area contributed by atoms with E-state index in [0.29, 0.717) is 29.6 Å². The van der Waals surface area contributed by atoms with E-state index in [1.54, 1.807) is 12.3 Å². The van der Waals surface area contributed by atoms with Crippen molar-refractivity contribution in [2.45, 2.75) is 56.5 Å². The summed E-state index contributed by atoms with van der Waals surface area (Å²) in [7, 11) is 0. The highest BCUT2D eigenvalue weighted by atomic mass is 19.1. The van der Waals surface area contributed by atoms with Crippen molar-refractivity contribution >= 4 is 17.5 Å². The molecule has 210 valence electrons. The summed E-state index contributed by atoms with van der Waals surface area (Å²) in [5, 5.41) is 17.6. The summed E-state index contributed by atoms with van der Waals surface area (Å²) < 4.78 is 15.8. The van der Waals surface area contributed by atoms with Crippen molar-refractivity contribution in [3.8, 4) is 11.1 Å². The molecule has 10 rings (SSSR count). The number of hydrogen-bond donors (Lipinski definition) is 3. The lowest BCUT2D eigenvalue weighted by Gasteiger charge is -2.42. The number of rotatable bonds is 0. The van der Waals surface area contributed by atoms with Gasteiger partial charge in [0.2, 0.25) is 5.95 Å². The molecule has 2 saturated heterocycles. The van der Waals surface area contributed by atoms with Gasteiger partial charge in [-0.1, -0.05) is 12.1 Å². The highest BCUT2D eigenvalue weighted by Crippen LogP contribution is 2.40. The van der Waals surface area contributed by atoms with Crippen molar-refractivity contribution in [1.82, 2.24) is 30.1 Å². The van der Waals surface area contributed by atoms with Crippen LogP contribution in [0.5, 0.6) is 0 Å². The number of nitrogens with zero attached hydrogens (tertiary/aromatic N) is 6. The van der Waals surface area contributed by atoms with Gasteiger partial charge in [-0.05, 0) is 62.9 Å². The zero-order chi connectivity index (χ0) is 27.3. The molecule has 3 N–H and O–H groups in total. The van der Waals surface area contributed by atoms with Crippen molar-refractivity contribution in [3.63, 3.8) is 0 Å². The number of aliphatic hydroxyl groups is 1. The van der Waals surface area contributed by atoms with Crippen LogP contribution in [0.2, 0.25) is 0 Å². The van der Waals surface area contributed by atoms with Crippen LogP contribution in [-0.4, -0.2) is 86.9 Å². The molecule has 1 spiro atoms. The van der Waals surface area contributed by atoms with Crippen LogP contribution in [0.3, 0.4) is 0 Å². The highest BCUT2D eigenvalue weighted by Gasteiger charge is 2.48. The second-order valence-electron chi connectivity index (χ2n) is 11.7. The van der Waals surface area contributed by atoms with E-state index in [9.17, 15) is 5.11 Å². The van der Waals surface area contributed by atoms with Crippen molar-refractivity contribution < 1.29 is 9.50 Å². The molecule has 1 aliphatic carbocycles. The quantitative estimate of drug-likeness (QED) is 0.393. The maximum absolute atomic E-state index is 15.8. The predicted molar refractivity (Wildman–Crippen MR) is 153 cm³/mol. The van der Waals surface area contributed by atoms with E-state index in [4.69, 9.17) is 0 Å². The Hall–Kier alpha value is -3.18. The maximum atomic E-state index is 15.8. The fraction of sp³-hybridized carbons (Fsp3) is 0.500. The number of aliphatic hydroxyl groups excluding tert-OH is 1. The summed E-state index contributed by atoms with van der Waals surface area (Å²) in [6.07, 6.45) is 8.92. The Balaban J connectivity index is 1.22. The summed E-state index contributed by atoms with van der Waals surface area (Å²) in [6.45, 7) is 7.26. The summed E-state index contributed by atoms with van der Waals surface area (Å²) in [5.74, 6) is 0.971. The van der Waals surface area contributed by atoms with E-state index in [0.717, 1.165) is 69.5 Å². The Labute approximate surface area is 234 Å². The molecule has 9 nitrogen and oxygen atoms in total. The highest BCUT2D eigenvalue weighted by molar-refractivity contribution is 5.68. The van der Waals surface area contributed by atoms with E-state index < -0.39 is 0 Å². The Morgan fingerprint density at radius 2 is 1.82 bits per heavy atom. The van der Waals surface area contributed by atoms with Gasteiger partial charge >= 0.3 is 0 Å². The molecule has 8 bridgehead atoms. The summed E-state index contributed by atoms with van der Waals surface area (Å²) in [4.78, 5) is 20.9. The topological polar surface area (TPSA) is 92.7 Å². The van der Waals surface area contributed by atoms with E-state index in [1.165, 1.54) is 0 Å². The molecule has 7 aliphatic rings. The number of aromatic nitrogens is 3. The van der Waals surface area contributed by atoms with Crippen LogP contribution in [0.25, 0.3) is 11.1 Å². The van der Waals surface area contributed by atoms with Gasteiger partial charge in [-0.25, -0.2) is 19.3 Å². The van der Waals surface area contributed by atoms with Gasteiger partial charge in [0.05, 0.1) is 17.5 Å². The minimum absolute atomic E-state index is 0.0281. The van der Waals surface area contributed by atoms with Gasteiger partial charge < -0.3 is 15.3 Å². The fourth-order valence-electron chi connectivity index (χ4n) is 6.74. The lowest BCUT2D eigenvalue weighted by Crippen LogP contribution is -2.57. The summed E-state index contributed by atoms with van der Waals surface area (Å²) in [5.41, 5.74) is 2.93. The van der Waals surface area contributed by atoms with E-state index in [2.05, 4.69) is 47.2 Å². The first-order valence-corrected chi connectivity index (χ1v) is 14.5. The van der Waals surface area contributed by atoms with Crippen molar-refractivity contribution in [2.75, 3.05) is 49.5 Å². The second-order valence-corrected chi connectivity index (χ2v) is 11.7. The minimum atomic E-state index is -0.375. The molecule has 8 heterocycles. The van der Waals surface area contributed by atoms with Crippen LogP contribution in [0.4, 0.5) is 21.8 Å². The Bertz CT molecular complexity index is 1360. The SMILES string of the molecule is CC1c2cccc(c2F)Nc2cc(ccn2)-c2cnc(nc2)N2CC(O)CC2CCNC2(CC2)N2CCN1CC2. The molecule has 10 heteroatoms. The van der Waals surface area contributed by atoms with Crippen LogP contribution in [0.1, 0.15) is 44.2 Å². The third-order valence-electron chi connectivity index (χ3n) is 9.24. The van der Waals surface area contributed by atoms with E-state index in [1.807, 2.05) is 36.7 Å². The molecule has 6 aliphatic heterocycles. The van der Waals surface area contributed by atoms with Gasteiger partial charge in [0.15, 0.2) is 5.82 Å². The molecular formula is C30H37FN8O. The first-order chi connectivity index (χ1) is 19.5. The van der Waals surface area contributed by atoms with Crippen LogP contribution >= 0.6 is 0 Å². The average molecular weight is 545 g/mol. The number of benzene rings is 1. The standard InChI is InChI=1S/C30H37FN8O/c1-20-25-3-2-4-26(28(25)31)36-27-15-21(5-9-32-27)22-17-33-29(34-18-22)39-19-24(40)16-23(39)6-10-35-30(7-8-30)38-13-11-37(20)12-14-38/h2-5,9,15,17-18,20,23-24,35,40H,6-8,10-14,16,19H2,1H3,(H,32,36). The Kier molecular flexibility index (Phi) is 6.66. The van der Waals surface area contributed by atoms with Crippen molar-refractivity contribution in [3.05, 3.63) is 60.3 Å². The molecule has 3 fully saturated rings. The molecular weight excluding hydrogens is 507 g/mol. The monoisotopic (exact) mass is 544 g/mol. The number of hydrogen-bond acceptors (Lipinski definition) is 9. The van der Waals surface area contributed by atoms with Gasteiger partial charge in [0, 0.05) is 74.5 Å². The van der Waals surface area contributed by atoms with Crippen LogP contribution in [0.15, 0.2) is 48.9 Å². The third-order valence-corrected chi connectivity index (χ3v) is 9.24. The van der Waals surface area contributed by atoms with Crippen LogP contribution in [-0.2, 0) is 0 Å². The molecule has 0 amide bonds. The lowest BCUT2D eigenvalue weighted by molar-refractivity contribution is 0.0496. The van der Waals surface area contributed by atoms with Gasteiger partial charge in [0.1, 0.15) is 5.82 Å². The second kappa shape index (κ2) is 10.3. The van der Waals surface area contributed by atoms with Gasteiger partial charge in [-0.2, -0.15) is 0 Å². The zero-order valence-electron chi connectivity index (χ0n) is 22.9. The third kappa shape index (κ3) is 4.83. The lowest BCUT2D eigenvalue weighted by atomic mass is 10.0. The van der Waals surface area contributed by atoms with Gasteiger partial charge in [-0.3, -0.25) is 15.1 Å². The number of pyridine rings is 1.